The van der Waals surface area contributed by atoms with Crippen LogP contribution in [0.25, 0.3) is 0 Å². The van der Waals surface area contributed by atoms with Crippen LogP contribution in [0.1, 0.15) is 44.3 Å². The van der Waals surface area contributed by atoms with Crippen molar-refractivity contribution in [3.8, 4) is 6.07 Å². The summed E-state index contributed by atoms with van der Waals surface area (Å²) in [5.41, 5.74) is 2.01. The third kappa shape index (κ3) is 5.57. The second-order valence-corrected chi connectivity index (χ2v) is 10.4. The van der Waals surface area contributed by atoms with E-state index in [0.717, 1.165) is 31.6 Å². The molecule has 194 valence electrons. The van der Waals surface area contributed by atoms with Crippen molar-refractivity contribution in [3.05, 3.63) is 106 Å². The molecule has 2 saturated heterocycles. The quantitative estimate of drug-likeness (QED) is 0.470. The van der Waals surface area contributed by atoms with Crippen molar-refractivity contribution < 1.29 is 14.0 Å². The van der Waals surface area contributed by atoms with Gasteiger partial charge in [-0.25, -0.2) is 4.39 Å². The number of rotatable bonds is 7. The maximum Gasteiger partial charge on any atom is 0.258 e. The molecule has 0 saturated carbocycles. The van der Waals surface area contributed by atoms with Crippen molar-refractivity contribution in [2.45, 2.75) is 12.5 Å². The molecule has 2 heterocycles. The minimum Gasteiger partial charge on any atom is -0.345 e. The third-order valence-corrected chi connectivity index (χ3v) is 7.86. The lowest BCUT2D eigenvalue weighted by Gasteiger charge is -2.25. The molecule has 0 radical (unpaired) electrons. The van der Waals surface area contributed by atoms with E-state index in [4.69, 9.17) is 16.9 Å². The van der Waals surface area contributed by atoms with Gasteiger partial charge in [0, 0.05) is 38.3 Å². The zero-order chi connectivity index (χ0) is 26.6. The van der Waals surface area contributed by atoms with Crippen LogP contribution in [0.5, 0.6) is 0 Å². The Hall–Kier alpha value is -3.73. The summed E-state index contributed by atoms with van der Waals surface area (Å²) in [6.45, 7) is 3.67. The van der Waals surface area contributed by atoms with Crippen LogP contribution in [0.2, 0.25) is 5.02 Å². The fraction of sp³-hybridized carbons (Fsp3) is 0.300. The highest BCUT2D eigenvalue weighted by molar-refractivity contribution is 6.33. The second kappa shape index (κ2) is 11.3. The maximum atomic E-state index is 14.3. The first-order valence-electron chi connectivity index (χ1n) is 12.7. The summed E-state index contributed by atoms with van der Waals surface area (Å²) in [7, 11) is 0. The van der Waals surface area contributed by atoms with Gasteiger partial charge in [-0.2, -0.15) is 5.26 Å². The van der Waals surface area contributed by atoms with E-state index in [9.17, 15) is 14.0 Å². The van der Waals surface area contributed by atoms with Crippen LogP contribution in [0.15, 0.2) is 72.8 Å². The van der Waals surface area contributed by atoms with Gasteiger partial charge in [0.05, 0.1) is 28.3 Å². The standard InChI is InChI=1S/C30H28ClFN4O2/c31-25-7-4-8-26(32)28(25)30(38)36-18-23-16-35(17-24(23)19-36)14-13-27(21-5-2-1-3-6-21)34-29(37)22-11-9-20(15-33)10-12-22/h1-12,23-24,27H,13-14,16-19H2,(H,34,37)/t23-,24?,27?/m0/s1. The zero-order valence-corrected chi connectivity index (χ0v) is 21.6. The average Bonchev–Trinajstić information content (AvgIpc) is 3.50. The van der Waals surface area contributed by atoms with Crippen LogP contribution in [0.4, 0.5) is 4.39 Å². The number of fused-ring (bicyclic) bond motifs is 1. The Labute approximate surface area is 226 Å². The molecule has 2 unspecified atom stereocenters. The molecule has 0 bridgehead atoms. The van der Waals surface area contributed by atoms with Gasteiger partial charge >= 0.3 is 0 Å². The lowest BCUT2D eigenvalue weighted by molar-refractivity contribution is 0.0769. The fourth-order valence-corrected chi connectivity index (χ4v) is 5.80. The molecule has 0 aliphatic carbocycles. The van der Waals surface area contributed by atoms with Crippen LogP contribution in [-0.2, 0) is 0 Å². The Morgan fingerprint density at radius 2 is 1.66 bits per heavy atom. The molecule has 1 N–H and O–H groups in total. The van der Waals surface area contributed by atoms with Gasteiger partial charge < -0.3 is 15.1 Å². The Morgan fingerprint density at radius 3 is 2.29 bits per heavy atom. The largest absolute Gasteiger partial charge is 0.345 e. The van der Waals surface area contributed by atoms with Gasteiger partial charge in [-0.1, -0.05) is 48.0 Å². The van der Waals surface area contributed by atoms with E-state index < -0.39 is 5.82 Å². The van der Waals surface area contributed by atoms with Gasteiger partial charge in [0.1, 0.15) is 5.82 Å². The molecule has 2 aliphatic rings. The van der Waals surface area contributed by atoms with Gasteiger partial charge in [0.2, 0.25) is 0 Å². The van der Waals surface area contributed by atoms with Crippen molar-refractivity contribution in [3.63, 3.8) is 0 Å². The Morgan fingerprint density at radius 1 is 0.974 bits per heavy atom. The number of halogens is 2. The van der Waals surface area contributed by atoms with E-state index in [1.807, 2.05) is 30.3 Å². The minimum atomic E-state index is -0.587. The van der Waals surface area contributed by atoms with E-state index in [2.05, 4.69) is 16.3 Å². The van der Waals surface area contributed by atoms with Crippen LogP contribution in [0, 0.1) is 29.0 Å². The van der Waals surface area contributed by atoms with E-state index in [-0.39, 0.29) is 28.4 Å². The molecule has 3 aromatic rings. The molecule has 5 rings (SSSR count). The molecule has 2 amide bonds. The highest BCUT2D eigenvalue weighted by Gasteiger charge is 2.42. The number of nitrogens with zero attached hydrogens (tertiary/aromatic N) is 3. The summed E-state index contributed by atoms with van der Waals surface area (Å²) in [6, 6.07) is 22.7. The van der Waals surface area contributed by atoms with Gasteiger partial charge in [0.25, 0.3) is 11.8 Å². The van der Waals surface area contributed by atoms with Crippen LogP contribution >= 0.6 is 11.6 Å². The van der Waals surface area contributed by atoms with Gasteiger partial charge in [-0.15, -0.1) is 0 Å². The lowest BCUT2D eigenvalue weighted by atomic mass is 10.0. The minimum absolute atomic E-state index is 0.0466. The third-order valence-electron chi connectivity index (χ3n) is 7.54. The van der Waals surface area contributed by atoms with Gasteiger partial charge in [0.15, 0.2) is 0 Å². The van der Waals surface area contributed by atoms with E-state index in [1.54, 1.807) is 35.2 Å². The maximum absolute atomic E-state index is 14.3. The Bertz CT molecular complexity index is 1320. The number of hydrogen-bond acceptors (Lipinski definition) is 4. The molecule has 3 aromatic carbocycles. The normalized spacial score (nSPS) is 19.6. The summed E-state index contributed by atoms with van der Waals surface area (Å²) < 4.78 is 14.3. The number of carbonyl (C=O) groups is 2. The number of nitriles is 1. The lowest BCUT2D eigenvalue weighted by Crippen LogP contribution is -2.35. The smallest absolute Gasteiger partial charge is 0.258 e. The summed E-state index contributed by atoms with van der Waals surface area (Å²) in [4.78, 5) is 30.0. The number of carbonyl (C=O) groups excluding carboxylic acids is 2. The highest BCUT2D eigenvalue weighted by atomic mass is 35.5. The first kappa shape index (κ1) is 25.9. The van der Waals surface area contributed by atoms with Crippen LogP contribution in [0.3, 0.4) is 0 Å². The highest BCUT2D eigenvalue weighted by Crippen LogP contribution is 2.33. The topological polar surface area (TPSA) is 76.4 Å². The number of hydrogen-bond donors (Lipinski definition) is 1. The monoisotopic (exact) mass is 530 g/mol. The van der Waals surface area contributed by atoms with E-state index in [0.29, 0.717) is 36.1 Å². The predicted octanol–water partition coefficient (Wildman–Crippen LogP) is 4.92. The molecule has 6 nitrogen and oxygen atoms in total. The van der Waals surface area contributed by atoms with Crippen molar-refractivity contribution in [2.24, 2.45) is 11.8 Å². The number of amides is 2. The number of benzene rings is 3. The summed E-state index contributed by atoms with van der Waals surface area (Å²) in [6.07, 6.45) is 0.735. The summed E-state index contributed by atoms with van der Waals surface area (Å²) >= 11 is 6.12. The molecule has 38 heavy (non-hydrogen) atoms. The van der Waals surface area contributed by atoms with Crippen molar-refractivity contribution in [1.29, 1.82) is 5.26 Å². The predicted molar refractivity (Wildman–Crippen MR) is 143 cm³/mol. The number of likely N-dealkylation sites (tertiary alicyclic amines) is 2. The first-order valence-corrected chi connectivity index (χ1v) is 13.1. The van der Waals surface area contributed by atoms with Crippen molar-refractivity contribution >= 4 is 23.4 Å². The van der Waals surface area contributed by atoms with E-state index in [1.165, 1.54) is 12.1 Å². The molecule has 8 heteroatoms. The zero-order valence-electron chi connectivity index (χ0n) is 20.8. The van der Waals surface area contributed by atoms with Gasteiger partial charge in [-0.05, 0) is 60.2 Å². The molecule has 3 atom stereocenters. The van der Waals surface area contributed by atoms with Crippen molar-refractivity contribution in [1.82, 2.24) is 15.1 Å². The number of nitrogens with one attached hydrogen (secondary N) is 1. The SMILES string of the molecule is N#Cc1ccc(C(=O)NC(CCN2CC3CN(C(=O)c4c(F)cccc4Cl)C[C@@H]3C2)c2ccccc2)cc1. The van der Waals surface area contributed by atoms with Crippen LogP contribution in [-0.4, -0.2) is 54.3 Å². The molecule has 2 aliphatic heterocycles. The molecule has 0 aromatic heterocycles. The Kier molecular flexibility index (Phi) is 7.73. The van der Waals surface area contributed by atoms with E-state index >= 15 is 0 Å². The fourth-order valence-electron chi connectivity index (χ4n) is 5.56. The average molecular weight is 531 g/mol. The molecule has 2 fully saturated rings. The van der Waals surface area contributed by atoms with Gasteiger partial charge in [-0.3, -0.25) is 9.59 Å². The molecular formula is C30H28ClFN4O2. The van der Waals surface area contributed by atoms with Crippen LogP contribution < -0.4 is 5.32 Å². The first-order chi connectivity index (χ1) is 18.4. The second-order valence-electron chi connectivity index (χ2n) is 10.0. The molecular weight excluding hydrogens is 503 g/mol. The Balaban J connectivity index is 1.19. The van der Waals surface area contributed by atoms with Crippen molar-refractivity contribution in [2.75, 3.05) is 32.7 Å². The summed E-state index contributed by atoms with van der Waals surface area (Å²) in [5, 5.41) is 12.3. The summed E-state index contributed by atoms with van der Waals surface area (Å²) in [5.74, 6) is -0.455. The molecule has 0 spiro atoms.